The van der Waals surface area contributed by atoms with Crippen LogP contribution in [0.1, 0.15) is 16.1 Å². The number of hydrogen-bond acceptors (Lipinski definition) is 5. The predicted molar refractivity (Wildman–Crippen MR) is 93.2 cm³/mol. The van der Waals surface area contributed by atoms with E-state index in [1.54, 1.807) is 39.6 Å². The van der Waals surface area contributed by atoms with E-state index in [1.165, 1.54) is 10.9 Å². The molecule has 0 bridgehead atoms. The van der Waals surface area contributed by atoms with Crippen molar-refractivity contribution < 1.29 is 14.3 Å². The number of nitrogens with one attached hydrogen (secondary N) is 1. The molecule has 0 aliphatic carbocycles. The van der Waals surface area contributed by atoms with Crippen LogP contribution in [0.2, 0.25) is 0 Å². The average molecular weight is 446 g/mol. The predicted octanol–water partition coefficient (Wildman–Crippen LogP) is 2.73. The summed E-state index contributed by atoms with van der Waals surface area (Å²) in [4.78, 5) is 12.0. The molecule has 1 N–H and O–H groups in total. The maximum atomic E-state index is 12.0. The molecule has 122 valence electrons. The van der Waals surface area contributed by atoms with Gasteiger partial charge in [-0.05, 0) is 37.9 Å². The van der Waals surface area contributed by atoms with E-state index in [1.807, 2.05) is 0 Å². The second-order valence-electron chi connectivity index (χ2n) is 4.43. The fourth-order valence-electron chi connectivity index (χ4n) is 1.81. The lowest BCUT2D eigenvalue weighted by Crippen LogP contribution is -2.19. The molecule has 0 atom stereocenters. The van der Waals surface area contributed by atoms with Gasteiger partial charge in [-0.3, -0.25) is 9.48 Å². The van der Waals surface area contributed by atoms with Crippen LogP contribution >= 0.6 is 31.9 Å². The highest BCUT2D eigenvalue weighted by Gasteiger charge is 2.13. The van der Waals surface area contributed by atoms with Gasteiger partial charge in [-0.1, -0.05) is 0 Å². The zero-order valence-electron chi connectivity index (χ0n) is 12.6. The maximum Gasteiger partial charge on any atom is 0.293 e. The summed E-state index contributed by atoms with van der Waals surface area (Å²) in [5.74, 6) is 0.794. The van der Waals surface area contributed by atoms with E-state index in [-0.39, 0.29) is 5.69 Å². The molecular formula is C14H14Br2N4O3. The quantitative estimate of drug-likeness (QED) is 0.567. The number of ether oxygens (including phenoxy) is 2. The van der Waals surface area contributed by atoms with Gasteiger partial charge >= 0.3 is 0 Å². The fraction of sp³-hybridized carbons (Fsp3) is 0.214. The van der Waals surface area contributed by atoms with Crippen molar-refractivity contribution in [2.75, 3.05) is 14.2 Å². The third-order valence-electron chi connectivity index (χ3n) is 2.87. The Hall–Kier alpha value is -1.87. The first-order valence-corrected chi connectivity index (χ1v) is 7.99. The molecule has 23 heavy (non-hydrogen) atoms. The number of aryl methyl sites for hydroxylation is 1. The Morgan fingerprint density at radius 2 is 1.96 bits per heavy atom. The molecule has 2 rings (SSSR count). The van der Waals surface area contributed by atoms with E-state index in [0.29, 0.717) is 21.5 Å². The average Bonchev–Trinajstić information content (AvgIpc) is 2.86. The van der Waals surface area contributed by atoms with Crippen LogP contribution in [-0.4, -0.2) is 36.1 Å². The lowest BCUT2D eigenvalue weighted by Gasteiger charge is -2.09. The summed E-state index contributed by atoms with van der Waals surface area (Å²) in [7, 11) is 4.84. The molecular weight excluding hydrogens is 432 g/mol. The van der Waals surface area contributed by atoms with Gasteiger partial charge in [-0.15, -0.1) is 0 Å². The zero-order chi connectivity index (χ0) is 17.0. The van der Waals surface area contributed by atoms with Crippen LogP contribution in [-0.2, 0) is 7.05 Å². The molecule has 9 heteroatoms. The van der Waals surface area contributed by atoms with Gasteiger partial charge in [0.1, 0.15) is 11.5 Å². The number of aromatic nitrogens is 2. The highest BCUT2D eigenvalue weighted by molar-refractivity contribution is 9.10. The normalized spacial score (nSPS) is 10.8. The first kappa shape index (κ1) is 17.5. The van der Waals surface area contributed by atoms with Crippen LogP contribution in [0.5, 0.6) is 11.5 Å². The molecule has 0 unspecified atom stereocenters. The van der Waals surface area contributed by atoms with Crippen molar-refractivity contribution in [2.45, 2.75) is 0 Å². The van der Waals surface area contributed by atoms with Crippen molar-refractivity contribution in [3.8, 4) is 11.5 Å². The molecule has 1 amide bonds. The van der Waals surface area contributed by atoms with E-state index in [0.717, 1.165) is 4.47 Å². The molecule has 1 aromatic heterocycles. The number of carbonyl (C=O) groups is 1. The number of nitrogens with zero attached hydrogens (tertiary/aromatic N) is 3. The number of hydrogen-bond donors (Lipinski definition) is 1. The minimum atomic E-state index is -0.416. The maximum absolute atomic E-state index is 12.0. The Morgan fingerprint density at radius 1 is 1.26 bits per heavy atom. The Labute approximate surface area is 149 Å². The van der Waals surface area contributed by atoms with Gasteiger partial charge in [0, 0.05) is 24.9 Å². The van der Waals surface area contributed by atoms with Crippen LogP contribution in [0.25, 0.3) is 0 Å². The van der Waals surface area contributed by atoms with Crippen molar-refractivity contribution in [3.05, 3.63) is 38.5 Å². The summed E-state index contributed by atoms with van der Waals surface area (Å²) < 4.78 is 13.4. The second kappa shape index (κ2) is 7.60. The number of benzene rings is 1. The van der Waals surface area contributed by atoms with E-state index >= 15 is 0 Å². The smallest absolute Gasteiger partial charge is 0.293 e. The molecule has 0 aliphatic rings. The van der Waals surface area contributed by atoms with Gasteiger partial charge in [-0.25, -0.2) is 5.43 Å². The summed E-state index contributed by atoms with van der Waals surface area (Å²) in [6.45, 7) is 0. The first-order chi connectivity index (χ1) is 11.0. The van der Waals surface area contributed by atoms with Gasteiger partial charge in [0.15, 0.2) is 5.69 Å². The van der Waals surface area contributed by atoms with Gasteiger partial charge in [0.05, 0.1) is 29.4 Å². The standard InChI is InChI=1S/C14H14Br2N4O3/c1-20-7-10(16)13(19-20)14(21)18-17-6-8-4-9(15)12(23-3)5-11(8)22-2/h4-7H,1-3H3,(H,18,21)/b17-6-. The second-order valence-corrected chi connectivity index (χ2v) is 6.14. The van der Waals surface area contributed by atoms with Crippen LogP contribution in [0, 0.1) is 0 Å². The number of rotatable bonds is 5. The summed E-state index contributed by atoms with van der Waals surface area (Å²) >= 11 is 6.66. The largest absolute Gasteiger partial charge is 0.496 e. The van der Waals surface area contributed by atoms with E-state index < -0.39 is 5.91 Å². The van der Waals surface area contributed by atoms with Crippen molar-refractivity contribution in [1.29, 1.82) is 0 Å². The Kier molecular flexibility index (Phi) is 5.78. The van der Waals surface area contributed by atoms with Gasteiger partial charge in [-0.2, -0.15) is 10.2 Å². The highest BCUT2D eigenvalue weighted by Crippen LogP contribution is 2.31. The summed E-state index contributed by atoms with van der Waals surface area (Å²) in [6, 6.07) is 3.51. The summed E-state index contributed by atoms with van der Waals surface area (Å²) in [6.07, 6.45) is 3.17. The van der Waals surface area contributed by atoms with Crippen molar-refractivity contribution >= 4 is 44.0 Å². The zero-order valence-corrected chi connectivity index (χ0v) is 15.8. The number of carbonyl (C=O) groups excluding carboxylic acids is 1. The molecule has 0 fully saturated rings. The molecule has 0 aliphatic heterocycles. The van der Waals surface area contributed by atoms with Gasteiger partial charge in [0.2, 0.25) is 0 Å². The Bertz CT molecular complexity index is 759. The number of halogens is 2. The Morgan fingerprint density at radius 3 is 2.52 bits per heavy atom. The molecule has 1 heterocycles. The molecule has 0 saturated carbocycles. The minimum Gasteiger partial charge on any atom is -0.496 e. The molecule has 1 aromatic carbocycles. The number of hydrazone groups is 1. The van der Waals surface area contributed by atoms with Gasteiger partial charge < -0.3 is 9.47 Å². The number of methoxy groups -OCH3 is 2. The molecule has 0 saturated heterocycles. The molecule has 7 nitrogen and oxygen atoms in total. The lowest BCUT2D eigenvalue weighted by atomic mass is 10.2. The summed E-state index contributed by atoms with van der Waals surface area (Å²) in [5, 5.41) is 7.98. The SMILES string of the molecule is COc1cc(OC)c(/C=N\NC(=O)c2nn(C)cc2Br)cc1Br. The highest BCUT2D eigenvalue weighted by atomic mass is 79.9. The monoisotopic (exact) mass is 444 g/mol. The third-order valence-corrected chi connectivity index (χ3v) is 4.07. The van der Waals surface area contributed by atoms with Crippen molar-refractivity contribution in [1.82, 2.24) is 15.2 Å². The van der Waals surface area contributed by atoms with E-state index in [4.69, 9.17) is 9.47 Å². The Balaban J connectivity index is 2.16. The third kappa shape index (κ3) is 4.11. The minimum absolute atomic E-state index is 0.257. The first-order valence-electron chi connectivity index (χ1n) is 6.40. The van der Waals surface area contributed by atoms with Crippen LogP contribution in [0.15, 0.2) is 32.4 Å². The van der Waals surface area contributed by atoms with Gasteiger partial charge in [0.25, 0.3) is 5.91 Å². The molecule has 0 radical (unpaired) electrons. The molecule has 2 aromatic rings. The van der Waals surface area contributed by atoms with Crippen LogP contribution < -0.4 is 14.9 Å². The van der Waals surface area contributed by atoms with E-state index in [9.17, 15) is 4.79 Å². The van der Waals surface area contributed by atoms with Crippen LogP contribution in [0.3, 0.4) is 0 Å². The fourth-order valence-corrected chi connectivity index (χ4v) is 2.89. The summed E-state index contributed by atoms with van der Waals surface area (Å²) in [5.41, 5.74) is 3.36. The van der Waals surface area contributed by atoms with Crippen LogP contribution in [0.4, 0.5) is 0 Å². The van der Waals surface area contributed by atoms with Crippen molar-refractivity contribution in [3.63, 3.8) is 0 Å². The topological polar surface area (TPSA) is 77.7 Å². The van der Waals surface area contributed by atoms with Crippen molar-refractivity contribution in [2.24, 2.45) is 12.1 Å². The molecule has 0 spiro atoms. The lowest BCUT2D eigenvalue weighted by molar-refractivity contribution is 0.0948. The van der Waals surface area contributed by atoms with E-state index in [2.05, 4.69) is 47.5 Å². The number of amides is 1.